The molecule has 2 heterocycles. The van der Waals surface area contributed by atoms with Crippen molar-refractivity contribution in [3.05, 3.63) is 29.6 Å². The van der Waals surface area contributed by atoms with Gasteiger partial charge < -0.3 is 10.2 Å². The van der Waals surface area contributed by atoms with Crippen LogP contribution in [0.4, 0.5) is 0 Å². The highest BCUT2D eigenvalue weighted by Crippen LogP contribution is 2.14. The Morgan fingerprint density at radius 1 is 1.40 bits per heavy atom. The number of aromatic nitrogens is 1. The Morgan fingerprint density at radius 3 is 2.67 bits per heavy atom. The maximum absolute atomic E-state index is 9.40. The molecular weight excluding hydrogens is 192 g/mol. The molecule has 4 heteroatoms. The standard InChI is InChI=1S/C11H16N2O2/c1-8-3-2-4-12-9(8)5-13-6-10(14)11(15)7-13/h2-4,10-11,14-15H,5-7H2,1H3/t10-,11+. The first kappa shape index (κ1) is 10.5. The second-order valence-electron chi connectivity index (χ2n) is 4.10. The number of β-amino-alcohol motifs (C(OH)–C–C–N with tert-alkyl or cyclic N) is 2. The maximum atomic E-state index is 9.40. The van der Waals surface area contributed by atoms with Crippen molar-refractivity contribution in [1.29, 1.82) is 0 Å². The maximum Gasteiger partial charge on any atom is 0.0938 e. The second kappa shape index (κ2) is 4.26. The van der Waals surface area contributed by atoms with Gasteiger partial charge in [-0.2, -0.15) is 0 Å². The van der Waals surface area contributed by atoms with Crippen LogP contribution >= 0.6 is 0 Å². The van der Waals surface area contributed by atoms with Crippen molar-refractivity contribution in [3.63, 3.8) is 0 Å². The van der Waals surface area contributed by atoms with Crippen LogP contribution < -0.4 is 0 Å². The largest absolute Gasteiger partial charge is 0.389 e. The van der Waals surface area contributed by atoms with E-state index in [1.807, 2.05) is 24.0 Å². The summed E-state index contributed by atoms with van der Waals surface area (Å²) in [6.07, 6.45) is 0.536. The highest BCUT2D eigenvalue weighted by molar-refractivity contribution is 5.17. The number of aliphatic hydroxyl groups excluding tert-OH is 2. The predicted molar refractivity (Wildman–Crippen MR) is 56.3 cm³/mol. The summed E-state index contributed by atoms with van der Waals surface area (Å²) in [6, 6.07) is 3.93. The summed E-state index contributed by atoms with van der Waals surface area (Å²) in [6.45, 7) is 3.76. The molecule has 1 aliphatic heterocycles. The molecule has 4 nitrogen and oxygen atoms in total. The van der Waals surface area contributed by atoms with E-state index in [1.165, 1.54) is 0 Å². The molecule has 1 aromatic rings. The molecule has 0 radical (unpaired) electrons. The topological polar surface area (TPSA) is 56.6 Å². The molecule has 2 N–H and O–H groups in total. The third kappa shape index (κ3) is 2.34. The first-order valence-corrected chi connectivity index (χ1v) is 5.16. The van der Waals surface area contributed by atoms with Gasteiger partial charge >= 0.3 is 0 Å². The van der Waals surface area contributed by atoms with Crippen molar-refractivity contribution >= 4 is 0 Å². The van der Waals surface area contributed by atoms with E-state index in [0.29, 0.717) is 19.6 Å². The molecule has 0 bridgehead atoms. The zero-order chi connectivity index (χ0) is 10.8. The number of aliphatic hydroxyl groups is 2. The van der Waals surface area contributed by atoms with Gasteiger partial charge in [0, 0.05) is 25.8 Å². The van der Waals surface area contributed by atoms with Crippen molar-refractivity contribution in [2.24, 2.45) is 0 Å². The first-order valence-electron chi connectivity index (χ1n) is 5.16. The van der Waals surface area contributed by atoms with E-state index in [-0.39, 0.29) is 0 Å². The van der Waals surface area contributed by atoms with Gasteiger partial charge in [0.1, 0.15) is 0 Å². The molecule has 0 aromatic carbocycles. The van der Waals surface area contributed by atoms with Gasteiger partial charge in [-0.05, 0) is 18.6 Å². The second-order valence-corrected chi connectivity index (χ2v) is 4.10. The average Bonchev–Trinajstić information content (AvgIpc) is 2.50. The zero-order valence-electron chi connectivity index (χ0n) is 8.80. The molecule has 82 valence electrons. The Hall–Kier alpha value is -0.970. The summed E-state index contributed by atoms with van der Waals surface area (Å²) in [7, 11) is 0. The quantitative estimate of drug-likeness (QED) is 0.714. The summed E-state index contributed by atoms with van der Waals surface area (Å²) < 4.78 is 0. The number of rotatable bonds is 2. The van der Waals surface area contributed by atoms with Crippen LogP contribution in [0.2, 0.25) is 0 Å². The Kier molecular flexibility index (Phi) is 3.00. The fourth-order valence-electron chi connectivity index (χ4n) is 1.87. The Balaban J connectivity index is 2.01. The van der Waals surface area contributed by atoms with E-state index in [1.54, 1.807) is 6.20 Å². The Bertz CT molecular complexity index is 333. The van der Waals surface area contributed by atoms with E-state index in [9.17, 15) is 10.2 Å². The normalized spacial score (nSPS) is 27.1. The van der Waals surface area contributed by atoms with Crippen LogP contribution in [0, 0.1) is 6.92 Å². The van der Waals surface area contributed by atoms with Gasteiger partial charge in [-0.3, -0.25) is 9.88 Å². The third-order valence-corrected chi connectivity index (χ3v) is 2.83. The van der Waals surface area contributed by atoms with E-state index >= 15 is 0 Å². The number of hydrogen-bond donors (Lipinski definition) is 2. The molecule has 0 amide bonds. The lowest BCUT2D eigenvalue weighted by atomic mass is 10.2. The minimum absolute atomic E-state index is 0.525. The molecule has 0 saturated carbocycles. The smallest absolute Gasteiger partial charge is 0.0938 e. The van der Waals surface area contributed by atoms with Crippen molar-refractivity contribution in [2.75, 3.05) is 13.1 Å². The third-order valence-electron chi connectivity index (χ3n) is 2.83. The molecule has 0 unspecified atom stereocenters. The van der Waals surface area contributed by atoms with Crippen LogP contribution in [0.15, 0.2) is 18.3 Å². The van der Waals surface area contributed by atoms with Gasteiger partial charge in [-0.25, -0.2) is 0 Å². The molecule has 0 spiro atoms. The number of likely N-dealkylation sites (tertiary alicyclic amines) is 1. The van der Waals surface area contributed by atoms with Crippen molar-refractivity contribution < 1.29 is 10.2 Å². The highest BCUT2D eigenvalue weighted by atomic mass is 16.3. The van der Waals surface area contributed by atoms with Crippen LogP contribution in [0.5, 0.6) is 0 Å². The van der Waals surface area contributed by atoms with E-state index in [0.717, 1.165) is 11.3 Å². The SMILES string of the molecule is Cc1cccnc1CN1C[C@@H](O)[C@@H](O)C1. The van der Waals surface area contributed by atoms with Gasteiger partial charge in [0.15, 0.2) is 0 Å². The number of pyridine rings is 1. The Labute approximate surface area is 89.2 Å². The molecule has 0 aliphatic carbocycles. The first-order chi connectivity index (χ1) is 7.16. The molecule has 2 rings (SSSR count). The molecule has 15 heavy (non-hydrogen) atoms. The van der Waals surface area contributed by atoms with E-state index < -0.39 is 12.2 Å². The van der Waals surface area contributed by atoms with Crippen molar-refractivity contribution in [2.45, 2.75) is 25.7 Å². The minimum atomic E-state index is -0.617. The lowest BCUT2D eigenvalue weighted by Gasteiger charge is -2.15. The van der Waals surface area contributed by atoms with E-state index in [2.05, 4.69) is 4.98 Å². The number of aryl methyl sites for hydroxylation is 1. The average molecular weight is 208 g/mol. The summed E-state index contributed by atoms with van der Waals surface area (Å²) in [5.74, 6) is 0. The monoisotopic (exact) mass is 208 g/mol. The fourth-order valence-corrected chi connectivity index (χ4v) is 1.87. The zero-order valence-corrected chi connectivity index (χ0v) is 8.80. The van der Waals surface area contributed by atoms with Crippen LogP contribution in [0.1, 0.15) is 11.3 Å². The van der Waals surface area contributed by atoms with Gasteiger partial charge in [0.05, 0.1) is 17.9 Å². The molecule has 2 atom stereocenters. The Morgan fingerprint density at radius 2 is 2.07 bits per heavy atom. The van der Waals surface area contributed by atoms with Gasteiger partial charge in [-0.1, -0.05) is 6.07 Å². The lowest BCUT2D eigenvalue weighted by molar-refractivity contribution is 0.0572. The summed E-state index contributed by atoms with van der Waals surface area (Å²) in [5.41, 5.74) is 2.16. The number of nitrogens with zero attached hydrogens (tertiary/aromatic N) is 2. The molecule has 1 aliphatic rings. The summed E-state index contributed by atoms with van der Waals surface area (Å²) in [5, 5.41) is 18.8. The fraction of sp³-hybridized carbons (Fsp3) is 0.545. The summed E-state index contributed by atoms with van der Waals surface area (Å²) >= 11 is 0. The van der Waals surface area contributed by atoms with Crippen LogP contribution in [0.3, 0.4) is 0 Å². The molecule has 1 saturated heterocycles. The molecule has 1 fully saturated rings. The van der Waals surface area contributed by atoms with Crippen LogP contribution in [-0.2, 0) is 6.54 Å². The molecule has 1 aromatic heterocycles. The van der Waals surface area contributed by atoms with Gasteiger partial charge in [0.25, 0.3) is 0 Å². The highest BCUT2D eigenvalue weighted by Gasteiger charge is 2.29. The van der Waals surface area contributed by atoms with Gasteiger partial charge in [0.2, 0.25) is 0 Å². The lowest BCUT2D eigenvalue weighted by Crippen LogP contribution is -2.22. The van der Waals surface area contributed by atoms with Crippen molar-refractivity contribution in [3.8, 4) is 0 Å². The summed E-state index contributed by atoms with van der Waals surface area (Å²) in [4.78, 5) is 6.31. The van der Waals surface area contributed by atoms with E-state index in [4.69, 9.17) is 0 Å². The minimum Gasteiger partial charge on any atom is -0.389 e. The van der Waals surface area contributed by atoms with Crippen molar-refractivity contribution in [1.82, 2.24) is 9.88 Å². The molecular formula is C11H16N2O2. The number of hydrogen-bond acceptors (Lipinski definition) is 4. The predicted octanol–water partition coefficient (Wildman–Crippen LogP) is -0.0726. The van der Waals surface area contributed by atoms with Crippen LogP contribution in [0.25, 0.3) is 0 Å². The van der Waals surface area contributed by atoms with Gasteiger partial charge in [-0.15, -0.1) is 0 Å². The van der Waals surface area contributed by atoms with Crippen LogP contribution in [-0.4, -0.2) is 45.4 Å².